The number of carbonyl (C=O) groups excluding carboxylic acids is 1. The number of benzene rings is 1. The monoisotopic (exact) mass is 340 g/mol. The Labute approximate surface area is 136 Å². The van der Waals surface area contributed by atoms with Crippen molar-refractivity contribution in [3.05, 3.63) is 39.9 Å². The van der Waals surface area contributed by atoms with Gasteiger partial charge in [-0.05, 0) is 23.8 Å². The number of carbonyl (C=O) groups is 1. The van der Waals surface area contributed by atoms with Crippen LogP contribution in [0.3, 0.4) is 0 Å². The van der Waals surface area contributed by atoms with Crippen LogP contribution in [0.5, 0.6) is 11.5 Å². The van der Waals surface area contributed by atoms with Gasteiger partial charge in [-0.25, -0.2) is 4.79 Å². The summed E-state index contributed by atoms with van der Waals surface area (Å²) in [7, 11) is 2.86. The van der Waals surface area contributed by atoms with Crippen molar-refractivity contribution in [3.8, 4) is 11.5 Å². The molecule has 0 aliphatic heterocycles. The van der Waals surface area contributed by atoms with Crippen molar-refractivity contribution in [2.24, 2.45) is 0 Å². The average molecular weight is 341 g/mol. The van der Waals surface area contributed by atoms with Gasteiger partial charge < -0.3 is 14.2 Å². The molecule has 2 aromatic rings. The minimum absolute atomic E-state index is 0.197. The predicted molar refractivity (Wildman–Crippen MR) is 83.3 cm³/mol. The molecule has 1 heterocycles. The van der Waals surface area contributed by atoms with Gasteiger partial charge in [0.05, 0.1) is 14.2 Å². The van der Waals surface area contributed by atoms with E-state index in [-0.39, 0.29) is 6.61 Å². The zero-order valence-corrected chi connectivity index (χ0v) is 13.5. The standard InChI is InChI=1S/C14H13ClN2O4S/c1-19-12-7-9(4-6-13(18)20-2)3-5-11(12)21-8-10-14(15)22-17-16-10/h3-7H,8H2,1-2H3. The molecule has 0 aliphatic carbocycles. The maximum Gasteiger partial charge on any atom is 0.330 e. The van der Waals surface area contributed by atoms with E-state index >= 15 is 0 Å². The second-order valence-corrected chi connectivity index (χ2v) is 5.40. The van der Waals surface area contributed by atoms with Crippen LogP contribution in [0.15, 0.2) is 24.3 Å². The topological polar surface area (TPSA) is 70.5 Å². The van der Waals surface area contributed by atoms with E-state index in [0.29, 0.717) is 21.5 Å². The fourth-order valence-corrected chi connectivity index (χ4v) is 2.17. The van der Waals surface area contributed by atoms with Crippen LogP contribution in [-0.2, 0) is 16.1 Å². The van der Waals surface area contributed by atoms with Crippen LogP contribution in [-0.4, -0.2) is 29.8 Å². The number of methoxy groups -OCH3 is 2. The van der Waals surface area contributed by atoms with E-state index in [0.717, 1.165) is 17.1 Å². The van der Waals surface area contributed by atoms with E-state index < -0.39 is 5.97 Å². The van der Waals surface area contributed by atoms with Crippen LogP contribution in [0, 0.1) is 0 Å². The average Bonchev–Trinajstić information content (AvgIpc) is 2.95. The molecule has 1 aromatic heterocycles. The third-order valence-corrected chi connectivity index (χ3v) is 3.66. The highest BCUT2D eigenvalue weighted by Gasteiger charge is 2.09. The fraction of sp³-hybridized carbons (Fsp3) is 0.214. The summed E-state index contributed by atoms with van der Waals surface area (Å²) < 4.78 is 19.7. The number of hydrogen-bond acceptors (Lipinski definition) is 7. The molecule has 0 spiro atoms. The van der Waals surface area contributed by atoms with Gasteiger partial charge in [0.1, 0.15) is 16.6 Å². The molecule has 0 bridgehead atoms. The summed E-state index contributed by atoms with van der Waals surface area (Å²) >= 11 is 7.02. The summed E-state index contributed by atoms with van der Waals surface area (Å²) in [5.41, 5.74) is 1.35. The maximum absolute atomic E-state index is 11.1. The van der Waals surface area contributed by atoms with E-state index in [1.54, 1.807) is 24.3 Å². The van der Waals surface area contributed by atoms with Gasteiger partial charge in [-0.1, -0.05) is 22.2 Å². The molecule has 0 radical (unpaired) electrons. The van der Waals surface area contributed by atoms with Gasteiger partial charge in [0.2, 0.25) is 0 Å². The second kappa shape index (κ2) is 7.77. The lowest BCUT2D eigenvalue weighted by atomic mass is 10.2. The molecule has 0 fully saturated rings. The highest BCUT2D eigenvalue weighted by molar-refractivity contribution is 7.10. The highest BCUT2D eigenvalue weighted by Crippen LogP contribution is 2.30. The Balaban J connectivity index is 2.10. The van der Waals surface area contributed by atoms with Crippen molar-refractivity contribution in [1.82, 2.24) is 9.59 Å². The fourth-order valence-electron chi connectivity index (χ4n) is 1.57. The van der Waals surface area contributed by atoms with Gasteiger partial charge in [0.25, 0.3) is 0 Å². The van der Waals surface area contributed by atoms with Crippen LogP contribution in [0.2, 0.25) is 4.34 Å². The van der Waals surface area contributed by atoms with Crippen LogP contribution in [0.25, 0.3) is 6.08 Å². The molecule has 0 amide bonds. The molecule has 0 N–H and O–H groups in total. The minimum atomic E-state index is -0.426. The third-order valence-electron chi connectivity index (χ3n) is 2.67. The second-order valence-electron chi connectivity index (χ2n) is 4.05. The predicted octanol–water partition coefficient (Wildman–Crippen LogP) is 2.97. The highest BCUT2D eigenvalue weighted by atomic mass is 35.5. The number of aromatic nitrogens is 2. The molecule has 6 nitrogen and oxygen atoms in total. The molecule has 116 valence electrons. The first-order chi connectivity index (χ1) is 10.6. The number of ether oxygens (including phenoxy) is 3. The first-order valence-electron chi connectivity index (χ1n) is 6.17. The van der Waals surface area contributed by atoms with Gasteiger partial charge in [-0.15, -0.1) is 5.10 Å². The van der Waals surface area contributed by atoms with Crippen LogP contribution in [0.4, 0.5) is 0 Å². The van der Waals surface area contributed by atoms with E-state index in [1.165, 1.54) is 20.3 Å². The first-order valence-corrected chi connectivity index (χ1v) is 7.32. The van der Waals surface area contributed by atoms with Crippen LogP contribution >= 0.6 is 23.1 Å². The number of hydrogen-bond donors (Lipinski definition) is 0. The van der Waals surface area contributed by atoms with Gasteiger partial charge >= 0.3 is 5.97 Å². The van der Waals surface area contributed by atoms with E-state index in [4.69, 9.17) is 21.1 Å². The Morgan fingerprint density at radius 2 is 2.18 bits per heavy atom. The Bertz CT molecular complexity index is 687. The third kappa shape index (κ3) is 4.19. The van der Waals surface area contributed by atoms with Crippen molar-refractivity contribution in [3.63, 3.8) is 0 Å². The van der Waals surface area contributed by atoms with Gasteiger partial charge in [0, 0.05) is 17.6 Å². The Morgan fingerprint density at radius 3 is 2.82 bits per heavy atom. The van der Waals surface area contributed by atoms with Crippen LogP contribution < -0.4 is 9.47 Å². The zero-order chi connectivity index (χ0) is 15.9. The molecule has 0 aliphatic rings. The largest absolute Gasteiger partial charge is 0.493 e. The summed E-state index contributed by atoms with van der Waals surface area (Å²) in [6.07, 6.45) is 2.95. The van der Waals surface area contributed by atoms with Crippen molar-refractivity contribution >= 4 is 35.2 Å². The maximum atomic E-state index is 11.1. The SMILES string of the molecule is COC(=O)C=Cc1ccc(OCc2nnsc2Cl)c(OC)c1. The number of rotatable bonds is 6. The molecule has 22 heavy (non-hydrogen) atoms. The lowest BCUT2D eigenvalue weighted by molar-refractivity contribution is -0.134. The summed E-state index contributed by atoms with van der Waals surface area (Å²) in [4.78, 5) is 11.1. The Morgan fingerprint density at radius 1 is 1.36 bits per heavy atom. The van der Waals surface area contributed by atoms with Crippen molar-refractivity contribution in [2.45, 2.75) is 6.61 Å². The molecule has 0 atom stereocenters. The molecule has 8 heteroatoms. The Kier molecular flexibility index (Phi) is 5.74. The van der Waals surface area contributed by atoms with Gasteiger partial charge in [-0.3, -0.25) is 0 Å². The van der Waals surface area contributed by atoms with Crippen molar-refractivity contribution < 1.29 is 19.0 Å². The molecule has 0 saturated heterocycles. The lowest BCUT2D eigenvalue weighted by Gasteiger charge is -2.10. The molecule has 0 saturated carbocycles. The van der Waals surface area contributed by atoms with Gasteiger partial charge in [-0.2, -0.15) is 0 Å². The van der Waals surface area contributed by atoms with Crippen molar-refractivity contribution in [2.75, 3.05) is 14.2 Å². The molecule has 0 unspecified atom stereocenters. The Hall–Kier alpha value is -2.12. The smallest absolute Gasteiger partial charge is 0.330 e. The first kappa shape index (κ1) is 16.3. The van der Waals surface area contributed by atoms with E-state index in [2.05, 4.69) is 14.3 Å². The summed E-state index contributed by atoms with van der Waals surface area (Å²) in [5, 5.41) is 3.87. The number of nitrogens with zero attached hydrogens (tertiary/aromatic N) is 2. The quantitative estimate of drug-likeness (QED) is 0.594. The number of halogens is 1. The summed E-state index contributed by atoms with van der Waals surface area (Å²) in [6, 6.07) is 5.28. The van der Waals surface area contributed by atoms with Crippen molar-refractivity contribution in [1.29, 1.82) is 0 Å². The molecule has 2 rings (SSSR count). The normalized spacial score (nSPS) is 10.7. The minimum Gasteiger partial charge on any atom is -0.493 e. The summed E-state index contributed by atoms with van der Waals surface area (Å²) in [6.45, 7) is 0.197. The lowest BCUT2D eigenvalue weighted by Crippen LogP contribution is -1.99. The van der Waals surface area contributed by atoms with E-state index in [9.17, 15) is 4.79 Å². The summed E-state index contributed by atoms with van der Waals surface area (Å²) in [5.74, 6) is 0.651. The van der Waals surface area contributed by atoms with Gasteiger partial charge in [0.15, 0.2) is 11.5 Å². The molecular weight excluding hydrogens is 328 g/mol. The molecule has 1 aromatic carbocycles. The van der Waals surface area contributed by atoms with E-state index in [1.807, 2.05) is 0 Å². The molecular formula is C14H13ClN2O4S. The number of esters is 1. The van der Waals surface area contributed by atoms with Crippen LogP contribution in [0.1, 0.15) is 11.3 Å². The zero-order valence-electron chi connectivity index (χ0n) is 11.9.